The van der Waals surface area contributed by atoms with Crippen LogP contribution >= 0.6 is 11.6 Å². The normalized spacial score (nSPS) is 13.9. The Morgan fingerprint density at radius 1 is 0.969 bits per heavy atom. The van der Waals surface area contributed by atoms with Crippen molar-refractivity contribution in [3.05, 3.63) is 70.0 Å². The average molecular weight is 454 g/mol. The summed E-state index contributed by atoms with van der Waals surface area (Å²) in [7, 11) is 0. The Kier molecular flexibility index (Phi) is 6.28. The molecule has 1 aliphatic rings. The minimum atomic E-state index is -0.557. The molecule has 1 fully saturated rings. The highest BCUT2D eigenvalue weighted by Gasteiger charge is 2.23. The van der Waals surface area contributed by atoms with Crippen LogP contribution in [0.2, 0.25) is 5.02 Å². The van der Waals surface area contributed by atoms with Gasteiger partial charge in [-0.1, -0.05) is 23.7 Å². The number of aromatic nitrogens is 2. The number of hydrogen-bond donors (Lipinski definition) is 1. The summed E-state index contributed by atoms with van der Waals surface area (Å²) in [6, 6.07) is 12.2. The maximum Gasteiger partial charge on any atom is 0.322 e. The van der Waals surface area contributed by atoms with Crippen LogP contribution in [0.3, 0.4) is 0 Å². The van der Waals surface area contributed by atoms with Gasteiger partial charge in [0.2, 0.25) is 0 Å². The summed E-state index contributed by atoms with van der Waals surface area (Å²) in [5.41, 5.74) is 5.58. The Hall–Kier alpha value is -3.19. The van der Waals surface area contributed by atoms with Crippen molar-refractivity contribution < 1.29 is 9.18 Å². The van der Waals surface area contributed by atoms with Gasteiger partial charge < -0.3 is 15.1 Å². The largest absolute Gasteiger partial charge is 0.352 e. The Morgan fingerprint density at radius 2 is 1.69 bits per heavy atom. The molecule has 3 aromatic rings. The third-order valence-electron chi connectivity index (χ3n) is 5.85. The summed E-state index contributed by atoms with van der Waals surface area (Å²) in [6.07, 6.45) is 0. The molecule has 1 saturated heterocycles. The van der Waals surface area contributed by atoms with Crippen LogP contribution in [0.15, 0.2) is 42.5 Å². The molecular formula is C24H25ClFN5O. The summed E-state index contributed by atoms with van der Waals surface area (Å²) < 4.78 is 13.9. The summed E-state index contributed by atoms with van der Waals surface area (Å²) >= 11 is 6.00. The molecule has 0 unspecified atom stereocenters. The molecule has 0 bridgehead atoms. The molecule has 6 nitrogen and oxygen atoms in total. The van der Waals surface area contributed by atoms with Gasteiger partial charge in [-0.25, -0.2) is 9.18 Å². The monoisotopic (exact) mass is 453 g/mol. The minimum Gasteiger partial charge on any atom is -0.352 e. The molecular weight excluding hydrogens is 429 g/mol. The van der Waals surface area contributed by atoms with Crippen LogP contribution in [-0.2, 0) is 0 Å². The first-order chi connectivity index (χ1) is 15.3. The second kappa shape index (κ2) is 9.12. The van der Waals surface area contributed by atoms with E-state index in [1.165, 1.54) is 28.8 Å². The third kappa shape index (κ3) is 4.53. The third-order valence-corrected chi connectivity index (χ3v) is 6.17. The number of halogens is 2. The Morgan fingerprint density at radius 3 is 2.34 bits per heavy atom. The molecule has 2 amide bonds. The zero-order valence-electron chi connectivity index (χ0n) is 18.3. The number of carbonyl (C=O) groups is 1. The zero-order valence-corrected chi connectivity index (χ0v) is 19.1. The number of anilines is 2. The van der Waals surface area contributed by atoms with Gasteiger partial charge in [0.1, 0.15) is 5.82 Å². The summed E-state index contributed by atoms with van der Waals surface area (Å²) in [6.45, 7) is 8.46. The molecule has 1 aliphatic heterocycles. The van der Waals surface area contributed by atoms with E-state index in [1.54, 1.807) is 11.0 Å². The summed E-state index contributed by atoms with van der Waals surface area (Å²) in [5, 5.41) is 11.6. The van der Waals surface area contributed by atoms with Gasteiger partial charge in [-0.3, -0.25) is 0 Å². The predicted octanol–water partition coefficient (Wildman–Crippen LogP) is 5.22. The molecule has 4 rings (SSSR count). The van der Waals surface area contributed by atoms with Gasteiger partial charge in [-0.2, -0.15) is 0 Å². The second-order valence-corrected chi connectivity index (χ2v) is 8.44. The Labute approximate surface area is 192 Å². The molecule has 1 N–H and O–H groups in total. The fourth-order valence-electron chi connectivity index (χ4n) is 3.82. The highest BCUT2D eigenvalue weighted by atomic mass is 35.5. The van der Waals surface area contributed by atoms with Gasteiger partial charge in [-0.15, -0.1) is 10.2 Å². The first-order valence-electron chi connectivity index (χ1n) is 10.5. The molecule has 0 atom stereocenters. The number of benzene rings is 2. The van der Waals surface area contributed by atoms with E-state index in [0.29, 0.717) is 26.2 Å². The molecule has 166 valence electrons. The number of rotatable bonds is 3. The van der Waals surface area contributed by atoms with Crippen LogP contribution in [0.5, 0.6) is 0 Å². The van der Waals surface area contributed by atoms with Crippen molar-refractivity contribution in [1.29, 1.82) is 0 Å². The van der Waals surface area contributed by atoms with Gasteiger partial charge in [0.05, 0.1) is 16.4 Å². The van der Waals surface area contributed by atoms with Crippen LogP contribution in [0.25, 0.3) is 11.3 Å². The molecule has 0 aliphatic carbocycles. The van der Waals surface area contributed by atoms with Crippen molar-refractivity contribution in [1.82, 2.24) is 15.1 Å². The van der Waals surface area contributed by atoms with Crippen LogP contribution < -0.4 is 10.2 Å². The van der Waals surface area contributed by atoms with E-state index in [-0.39, 0.29) is 16.7 Å². The lowest BCUT2D eigenvalue weighted by Gasteiger charge is -2.35. The lowest BCUT2D eigenvalue weighted by atomic mass is 9.99. The molecule has 1 aromatic heterocycles. The molecule has 0 saturated carbocycles. The van der Waals surface area contributed by atoms with E-state index >= 15 is 0 Å². The van der Waals surface area contributed by atoms with Crippen molar-refractivity contribution in [2.24, 2.45) is 0 Å². The number of urea groups is 1. The summed E-state index contributed by atoms with van der Waals surface area (Å²) in [4.78, 5) is 16.3. The minimum absolute atomic E-state index is 0.00434. The average Bonchev–Trinajstić information content (AvgIpc) is 2.79. The fourth-order valence-corrected chi connectivity index (χ4v) is 4.03. The lowest BCUT2D eigenvalue weighted by Crippen LogP contribution is -2.50. The van der Waals surface area contributed by atoms with Gasteiger partial charge >= 0.3 is 6.03 Å². The number of hydrogen-bond acceptors (Lipinski definition) is 4. The van der Waals surface area contributed by atoms with E-state index in [1.807, 2.05) is 12.1 Å². The number of piperazine rings is 1. The van der Waals surface area contributed by atoms with Crippen LogP contribution in [0, 0.1) is 26.6 Å². The topological polar surface area (TPSA) is 61.4 Å². The van der Waals surface area contributed by atoms with Crippen LogP contribution in [0.4, 0.5) is 20.7 Å². The molecule has 0 radical (unpaired) electrons. The van der Waals surface area contributed by atoms with Crippen molar-refractivity contribution >= 4 is 29.1 Å². The quantitative estimate of drug-likeness (QED) is 0.591. The highest BCUT2D eigenvalue weighted by molar-refractivity contribution is 6.33. The number of aryl methyl sites for hydroxylation is 3. The molecule has 2 heterocycles. The van der Waals surface area contributed by atoms with Crippen LogP contribution in [-0.4, -0.2) is 47.3 Å². The van der Waals surface area contributed by atoms with Gasteiger partial charge in [0, 0.05) is 31.7 Å². The second-order valence-electron chi connectivity index (χ2n) is 8.03. The zero-order chi connectivity index (χ0) is 22.8. The van der Waals surface area contributed by atoms with E-state index in [9.17, 15) is 9.18 Å². The SMILES string of the molecule is Cc1cc(C)c(-c2ccc(N3CCN(C(=O)Nc4c(F)cccc4Cl)CC3)nn2)cc1C. The first-order valence-corrected chi connectivity index (χ1v) is 10.9. The molecule has 0 spiro atoms. The van der Waals surface area contributed by atoms with E-state index in [4.69, 9.17) is 11.6 Å². The maximum atomic E-state index is 13.9. The highest BCUT2D eigenvalue weighted by Crippen LogP contribution is 2.27. The molecule has 32 heavy (non-hydrogen) atoms. The predicted molar refractivity (Wildman–Crippen MR) is 126 cm³/mol. The van der Waals surface area contributed by atoms with Crippen molar-refractivity contribution in [3.8, 4) is 11.3 Å². The van der Waals surface area contributed by atoms with E-state index in [2.05, 4.69) is 53.3 Å². The number of nitrogens with zero attached hydrogens (tertiary/aromatic N) is 4. The van der Waals surface area contributed by atoms with Crippen molar-refractivity contribution in [3.63, 3.8) is 0 Å². The standard InChI is InChI=1S/C24H25ClFN5O/c1-15-13-17(3)18(14-16(15)2)21-7-8-22(29-28-21)30-9-11-31(12-10-30)24(32)27-23-19(25)5-4-6-20(23)26/h4-8,13-14H,9-12H2,1-3H3,(H,27,32). The Balaban J connectivity index is 1.39. The van der Waals surface area contributed by atoms with Gasteiger partial charge in [0.15, 0.2) is 5.82 Å². The number of carbonyl (C=O) groups excluding carboxylic acids is 1. The molecule has 2 aromatic carbocycles. The summed E-state index contributed by atoms with van der Waals surface area (Å²) in [5.74, 6) is 0.214. The number of amides is 2. The lowest BCUT2D eigenvalue weighted by molar-refractivity contribution is 0.208. The van der Waals surface area contributed by atoms with Gasteiger partial charge in [-0.05, 0) is 67.8 Å². The first kappa shape index (κ1) is 22.0. The van der Waals surface area contributed by atoms with E-state index in [0.717, 1.165) is 17.1 Å². The molecule has 8 heteroatoms. The maximum absolute atomic E-state index is 13.9. The number of para-hydroxylation sites is 1. The number of nitrogens with one attached hydrogen (secondary N) is 1. The van der Waals surface area contributed by atoms with Crippen LogP contribution in [0.1, 0.15) is 16.7 Å². The van der Waals surface area contributed by atoms with Gasteiger partial charge in [0.25, 0.3) is 0 Å². The Bertz CT molecular complexity index is 1120. The van der Waals surface area contributed by atoms with E-state index < -0.39 is 5.82 Å². The smallest absolute Gasteiger partial charge is 0.322 e. The van der Waals surface area contributed by atoms with Crippen molar-refractivity contribution in [2.75, 3.05) is 36.4 Å². The van der Waals surface area contributed by atoms with Crippen molar-refractivity contribution in [2.45, 2.75) is 20.8 Å². The fraction of sp³-hybridized carbons (Fsp3) is 0.292.